The Morgan fingerprint density at radius 2 is 2.09 bits per heavy atom. The number of carbonyl (C=O) groups is 1. The first kappa shape index (κ1) is 8.46. The highest BCUT2D eigenvalue weighted by Gasteiger charge is 2.19. The second-order valence-corrected chi connectivity index (χ2v) is 3.29. The maximum Gasteiger partial charge on any atom is 0.209 e. The molecule has 1 rings (SSSR count). The van der Waals surface area contributed by atoms with E-state index in [0.29, 0.717) is 10.9 Å². The van der Waals surface area contributed by atoms with Crippen LogP contribution in [0.3, 0.4) is 0 Å². The van der Waals surface area contributed by atoms with Crippen LogP contribution in [-0.2, 0) is 4.79 Å². The lowest BCUT2D eigenvalue weighted by Gasteiger charge is -2.28. The minimum Gasteiger partial charge on any atom is -0.393 e. The summed E-state index contributed by atoms with van der Waals surface area (Å²) in [6.45, 7) is 1.59. The zero-order chi connectivity index (χ0) is 8.27. The monoisotopic (exact) mass is 172 g/mol. The van der Waals surface area contributed by atoms with Crippen molar-refractivity contribution in [1.82, 2.24) is 4.90 Å². The highest BCUT2D eigenvalue weighted by atomic mass is 32.1. The predicted octanol–water partition coefficient (Wildman–Crippen LogP) is 0.141. The van der Waals surface area contributed by atoms with Crippen molar-refractivity contribution in [3.05, 3.63) is 0 Å². The molecule has 1 aliphatic heterocycles. The molecule has 0 atom stereocenters. The largest absolute Gasteiger partial charge is 0.393 e. The summed E-state index contributed by atoms with van der Waals surface area (Å²) in [6.07, 6.45) is 2.73. The molecular weight excluding hydrogens is 160 g/mol. The summed E-state index contributed by atoms with van der Waals surface area (Å²) in [4.78, 5) is 12.7. The maximum atomic E-state index is 10.3. The number of thiocarbonyl (C=S) groups is 1. The Labute approximate surface area is 71.5 Å². The molecule has 1 fully saturated rings. The van der Waals surface area contributed by atoms with Crippen LogP contribution in [0.25, 0.3) is 0 Å². The molecule has 1 heterocycles. The topological polar surface area (TPSA) is 46.3 Å². The van der Waals surface area contributed by atoms with Gasteiger partial charge in [-0.05, 0) is 12.8 Å². The fourth-order valence-corrected chi connectivity index (χ4v) is 1.53. The number of carbonyl (C=O) groups excluding carboxylic acids is 1. The van der Waals surface area contributed by atoms with Crippen LogP contribution in [-0.4, -0.2) is 29.4 Å². The van der Waals surface area contributed by atoms with E-state index in [0.717, 1.165) is 32.3 Å². The average molecular weight is 172 g/mol. The maximum absolute atomic E-state index is 10.3. The van der Waals surface area contributed by atoms with Crippen molar-refractivity contribution in [1.29, 1.82) is 0 Å². The predicted molar refractivity (Wildman–Crippen MR) is 47.1 cm³/mol. The fraction of sp³-hybridized carbons (Fsp3) is 0.714. The van der Waals surface area contributed by atoms with Gasteiger partial charge in [0.15, 0.2) is 0 Å². The lowest BCUT2D eigenvalue weighted by atomic mass is 9.97. The Hall–Kier alpha value is -0.640. The molecule has 0 unspecified atom stereocenters. The van der Waals surface area contributed by atoms with Gasteiger partial charge in [-0.1, -0.05) is 12.2 Å². The average Bonchev–Trinajstić information content (AvgIpc) is 2.05. The highest BCUT2D eigenvalue weighted by molar-refractivity contribution is 7.80. The van der Waals surface area contributed by atoms with Gasteiger partial charge in [0.05, 0.1) is 4.99 Å². The first-order chi connectivity index (χ1) is 5.24. The number of rotatable bonds is 2. The van der Waals surface area contributed by atoms with Gasteiger partial charge >= 0.3 is 0 Å². The van der Waals surface area contributed by atoms with Gasteiger partial charge in [0.1, 0.15) is 0 Å². The summed E-state index contributed by atoms with van der Waals surface area (Å²) in [5, 5.41) is 0. The zero-order valence-electron chi connectivity index (χ0n) is 6.32. The molecule has 0 saturated carbocycles. The van der Waals surface area contributed by atoms with Gasteiger partial charge in [0.25, 0.3) is 0 Å². The van der Waals surface area contributed by atoms with E-state index in [-0.39, 0.29) is 0 Å². The van der Waals surface area contributed by atoms with Gasteiger partial charge in [0, 0.05) is 19.0 Å². The molecule has 1 aliphatic rings. The SMILES string of the molecule is NC(=S)C1CCN(C=O)CC1. The van der Waals surface area contributed by atoms with Gasteiger partial charge in [-0.25, -0.2) is 0 Å². The molecule has 1 amide bonds. The Balaban J connectivity index is 2.35. The second-order valence-electron chi connectivity index (χ2n) is 2.82. The van der Waals surface area contributed by atoms with Crippen LogP contribution in [0.5, 0.6) is 0 Å². The van der Waals surface area contributed by atoms with Crippen LogP contribution < -0.4 is 5.73 Å². The van der Waals surface area contributed by atoms with Gasteiger partial charge in [-0.15, -0.1) is 0 Å². The fourth-order valence-electron chi connectivity index (χ4n) is 1.29. The number of nitrogens with zero attached hydrogens (tertiary/aromatic N) is 1. The minimum absolute atomic E-state index is 0.348. The first-order valence-electron chi connectivity index (χ1n) is 3.72. The normalized spacial score (nSPS) is 19.8. The quantitative estimate of drug-likeness (QED) is 0.476. The van der Waals surface area contributed by atoms with Crippen molar-refractivity contribution in [2.24, 2.45) is 11.7 Å². The van der Waals surface area contributed by atoms with Crippen molar-refractivity contribution < 1.29 is 4.79 Å². The van der Waals surface area contributed by atoms with Crippen molar-refractivity contribution in [2.45, 2.75) is 12.8 Å². The Kier molecular flexibility index (Phi) is 2.82. The van der Waals surface area contributed by atoms with E-state index in [9.17, 15) is 4.79 Å². The van der Waals surface area contributed by atoms with E-state index >= 15 is 0 Å². The lowest BCUT2D eigenvalue weighted by molar-refractivity contribution is -0.119. The molecule has 0 aromatic heterocycles. The van der Waals surface area contributed by atoms with Gasteiger partial charge < -0.3 is 10.6 Å². The van der Waals surface area contributed by atoms with Crippen LogP contribution in [0.15, 0.2) is 0 Å². The lowest BCUT2D eigenvalue weighted by Crippen LogP contribution is -2.36. The molecular formula is C7H12N2OS. The second kappa shape index (κ2) is 3.67. The van der Waals surface area contributed by atoms with E-state index < -0.39 is 0 Å². The molecule has 0 aliphatic carbocycles. The van der Waals surface area contributed by atoms with Gasteiger partial charge in [-0.3, -0.25) is 4.79 Å². The molecule has 4 heteroatoms. The van der Waals surface area contributed by atoms with Crippen LogP contribution in [0.2, 0.25) is 0 Å². The molecule has 11 heavy (non-hydrogen) atoms. The van der Waals surface area contributed by atoms with E-state index in [1.807, 2.05) is 0 Å². The number of piperidine rings is 1. The number of amides is 1. The molecule has 3 nitrogen and oxygen atoms in total. The summed E-state index contributed by atoms with van der Waals surface area (Å²) in [7, 11) is 0. The standard InChI is InChI=1S/C7H12N2OS/c8-7(11)6-1-3-9(5-10)4-2-6/h5-6H,1-4H2,(H2,8,11). The molecule has 0 aromatic carbocycles. The number of hydrogen-bond acceptors (Lipinski definition) is 2. The van der Waals surface area contributed by atoms with Crippen molar-refractivity contribution in [3.63, 3.8) is 0 Å². The number of nitrogens with two attached hydrogens (primary N) is 1. The van der Waals surface area contributed by atoms with E-state index in [4.69, 9.17) is 18.0 Å². The molecule has 0 spiro atoms. The van der Waals surface area contributed by atoms with E-state index in [2.05, 4.69) is 0 Å². The molecule has 2 N–H and O–H groups in total. The van der Waals surface area contributed by atoms with Crippen LogP contribution in [0, 0.1) is 5.92 Å². The Morgan fingerprint density at radius 3 is 2.45 bits per heavy atom. The van der Waals surface area contributed by atoms with Gasteiger partial charge in [0.2, 0.25) is 6.41 Å². The van der Waals surface area contributed by atoms with Crippen molar-refractivity contribution in [3.8, 4) is 0 Å². The van der Waals surface area contributed by atoms with E-state index in [1.165, 1.54) is 0 Å². The molecule has 0 radical (unpaired) electrons. The summed E-state index contributed by atoms with van der Waals surface area (Å²) in [5.74, 6) is 0.348. The summed E-state index contributed by atoms with van der Waals surface area (Å²) in [5.41, 5.74) is 5.48. The Morgan fingerprint density at radius 1 is 1.55 bits per heavy atom. The van der Waals surface area contributed by atoms with E-state index in [1.54, 1.807) is 4.90 Å². The first-order valence-corrected chi connectivity index (χ1v) is 4.13. The smallest absolute Gasteiger partial charge is 0.209 e. The molecule has 0 aromatic rings. The number of hydrogen-bond donors (Lipinski definition) is 1. The summed E-state index contributed by atoms with van der Waals surface area (Å²) in [6, 6.07) is 0. The van der Waals surface area contributed by atoms with Crippen LogP contribution in [0.4, 0.5) is 0 Å². The zero-order valence-corrected chi connectivity index (χ0v) is 7.14. The third-order valence-electron chi connectivity index (χ3n) is 2.08. The van der Waals surface area contributed by atoms with Crippen molar-refractivity contribution in [2.75, 3.05) is 13.1 Å². The molecule has 62 valence electrons. The molecule has 1 saturated heterocycles. The third-order valence-corrected chi connectivity index (χ3v) is 2.41. The highest BCUT2D eigenvalue weighted by Crippen LogP contribution is 2.15. The summed E-state index contributed by atoms with van der Waals surface area (Å²) >= 11 is 4.86. The van der Waals surface area contributed by atoms with Crippen molar-refractivity contribution >= 4 is 23.6 Å². The Bertz CT molecular complexity index is 164. The minimum atomic E-state index is 0.348. The van der Waals surface area contributed by atoms with Gasteiger partial charge in [-0.2, -0.15) is 0 Å². The van der Waals surface area contributed by atoms with Crippen LogP contribution >= 0.6 is 12.2 Å². The summed E-state index contributed by atoms with van der Waals surface area (Å²) < 4.78 is 0. The third kappa shape index (κ3) is 2.15. The number of likely N-dealkylation sites (tertiary alicyclic amines) is 1. The van der Waals surface area contributed by atoms with Crippen LogP contribution in [0.1, 0.15) is 12.8 Å². The molecule has 0 bridgehead atoms.